The summed E-state index contributed by atoms with van der Waals surface area (Å²) >= 11 is 6.85. The fourth-order valence-electron chi connectivity index (χ4n) is 1.14. The number of rotatable bonds is 6. The van der Waals surface area contributed by atoms with Gasteiger partial charge in [-0.2, -0.15) is 13.2 Å². The SMILES string of the molecule is CC(C)C(CBr)(CBr)CCSC(F)(F)F. The first kappa shape index (κ1) is 16.1. The van der Waals surface area contributed by atoms with Gasteiger partial charge in [-0.25, -0.2) is 0 Å². The predicted molar refractivity (Wildman–Crippen MR) is 68.0 cm³/mol. The molecule has 0 bridgehead atoms. The van der Waals surface area contributed by atoms with Crippen molar-refractivity contribution in [2.75, 3.05) is 16.4 Å². The summed E-state index contributed by atoms with van der Waals surface area (Å²) in [6.07, 6.45) is 0.561. The van der Waals surface area contributed by atoms with Crippen LogP contribution < -0.4 is 0 Å². The largest absolute Gasteiger partial charge is 0.441 e. The molecule has 0 aliphatic carbocycles. The first-order valence-electron chi connectivity index (χ1n) is 4.60. The third-order valence-corrected chi connectivity index (χ3v) is 5.59. The van der Waals surface area contributed by atoms with Crippen LogP contribution in [-0.2, 0) is 0 Å². The first-order valence-corrected chi connectivity index (χ1v) is 7.83. The number of halogens is 5. The normalized spacial score (nSPS) is 13.6. The third kappa shape index (κ3) is 5.82. The number of hydrogen-bond acceptors (Lipinski definition) is 1. The molecule has 15 heavy (non-hydrogen) atoms. The molecule has 0 unspecified atom stereocenters. The van der Waals surface area contributed by atoms with Gasteiger partial charge in [-0.3, -0.25) is 0 Å². The molecule has 0 saturated carbocycles. The van der Waals surface area contributed by atoms with Gasteiger partial charge < -0.3 is 0 Å². The van der Waals surface area contributed by atoms with Gasteiger partial charge in [0.05, 0.1) is 0 Å². The summed E-state index contributed by atoms with van der Waals surface area (Å²) in [6, 6.07) is 0. The minimum atomic E-state index is -4.11. The maximum Gasteiger partial charge on any atom is 0.441 e. The smallest absolute Gasteiger partial charge is 0.160 e. The van der Waals surface area contributed by atoms with E-state index in [1.165, 1.54) is 0 Å². The van der Waals surface area contributed by atoms with E-state index in [9.17, 15) is 13.2 Å². The Kier molecular flexibility index (Phi) is 7.24. The van der Waals surface area contributed by atoms with E-state index in [-0.39, 0.29) is 22.9 Å². The van der Waals surface area contributed by atoms with Crippen LogP contribution >= 0.6 is 43.6 Å². The Labute approximate surface area is 110 Å². The topological polar surface area (TPSA) is 0 Å². The lowest BCUT2D eigenvalue weighted by Crippen LogP contribution is -2.32. The molecule has 0 rings (SSSR count). The second-order valence-corrected chi connectivity index (χ2v) is 6.11. The molecule has 6 heteroatoms. The zero-order valence-corrected chi connectivity index (χ0v) is 12.7. The van der Waals surface area contributed by atoms with E-state index in [0.717, 1.165) is 10.7 Å². The van der Waals surface area contributed by atoms with Gasteiger partial charge in [0.25, 0.3) is 0 Å². The highest BCUT2D eigenvalue weighted by atomic mass is 79.9. The van der Waals surface area contributed by atoms with Crippen LogP contribution in [0.4, 0.5) is 13.2 Å². The van der Waals surface area contributed by atoms with E-state index < -0.39 is 5.51 Å². The zero-order valence-electron chi connectivity index (χ0n) is 8.70. The summed E-state index contributed by atoms with van der Waals surface area (Å²) in [4.78, 5) is 0. The molecule has 0 fully saturated rings. The van der Waals surface area contributed by atoms with Crippen molar-refractivity contribution in [2.24, 2.45) is 11.3 Å². The molecule has 0 amide bonds. The predicted octanol–water partition coefficient (Wildman–Crippen LogP) is 5.06. The molecule has 0 aromatic heterocycles. The van der Waals surface area contributed by atoms with E-state index in [1.807, 2.05) is 13.8 Å². The van der Waals surface area contributed by atoms with E-state index in [0.29, 0.717) is 12.3 Å². The van der Waals surface area contributed by atoms with E-state index in [4.69, 9.17) is 0 Å². The first-order chi connectivity index (χ1) is 6.77. The van der Waals surface area contributed by atoms with Crippen molar-refractivity contribution >= 4 is 43.6 Å². The van der Waals surface area contributed by atoms with Gasteiger partial charge in [0.2, 0.25) is 0 Å². The fraction of sp³-hybridized carbons (Fsp3) is 1.00. The van der Waals surface area contributed by atoms with E-state index in [2.05, 4.69) is 31.9 Å². The van der Waals surface area contributed by atoms with Crippen LogP contribution in [-0.4, -0.2) is 21.9 Å². The van der Waals surface area contributed by atoms with Crippen LogP contribution in [0.1, 0.15) is 20.3 Å². The Bertz CT molecular complexity index is 179. The fourth-order valence-corrected chi connectivity index (χ4v) is 4.66. The van der Waals surface area contributed by atoms with Crippen molar-refractivity contribution in [2.45, 2.75) is 25.8 Å². The number of hydrogen-bond donors (Lipinski definition) is 0. The monoisotopic (exact) mass is 370 g/mol. The zero-order chi connectivity index (χ0) is 12.1. The Morgan fingerprint density at radius 2 is 1.60 bits per heavy atom. The summed E-state index contributed by atoms with van der Waals surface area (Å²) < 4.78 is 35.9. The molecular weight excluding hydrogens is 357 g/mol. The van der Waals surface area contributed by atoms with Crippen molar-refractivity contribution in [3.8, 4) is 0 Å². The Morgan fingerprint density at radius 1 is 1.13 bits per heavy atom. The minimum Gasteiger partial charge on any atom is -0.160 e. The molecule has 0 heterocycles. The van der Waals surface area contributed by atoms with Crippen LogP contribution in [0.15, 0.2) is 0 Å². The lowest BCUT2D eigenvalue weighted by Gasteiger charge is -2.34. The molecule has 92 valence electrons. The maximum absolute atomic E-state index is 12.0. The van der Waals surface area contributed by atoms with Gasteiger partial charge in [0, 0.05) is 16.4 Å². The molecule has 0 nitrogen and oxygen atoms in total. The minimum absolute atomic E-state index is 0.0669. The molecule has 0 radical (unpaired) electrons. The lowest BCUT2D eigenvalue weighted by molar-refractivity contribution is -0.0329. The second kappa shape index (κ2) is 6.74. The van der Waals surface area contributed by atoms with Crippen molar-refractivity contribution in [1.82, 2.24) is 0 Å². The van der Waals surface area contributed by atoms with Crippen LogP contribution in [0.25, 0.3) is 0 Å². The Hall–Kier alpha value is 1.10. The summed E-state index contributed by atoms with van der Waals surface area (Å²) in [7, 11) is 0. The molecule has 0 aliphatic heterocycles. The third-order valence-electron chi connectivity index (χ3n) is 2.62. The Morgan fingerprint density at radius 3 is 1.87 bits per heavy atom. The van der Waals surface area contributed by atoms with Gasteiger partial charge in [0.1, 0.15) is 0 Å². The summed E-state index contributed by atoms with van der Waals surface area (Å²) in [5, 5.41) is 1.45. The van der Waals surface area contributed by atoms with Crippen LogP contribution in [0, 0.1) is 11.3 Å². The molecule has 0 saturated heterocycles. The van der Waals surface area contributed by atoms with Crippen LogP contribution in [0.5, 0.6) is 0 Å². The molecule has 0 atom stereocenters. The number of thioether (sulfide) groups is 1. The standard InChI is InChI=1S/C9H15Br2F3S/c1-7(2)8(5-10,6-11)3-4-15-9(12,13)14/h7H,3-6H2,1-2H3. The van der Waals surface area contributed by atoms with Gasteiger partial charge in [-0.15, -0.1) is 0 Å². The molecule has 0 N–H and O–H groups in total. The van der Waals surface area contributed by atoms with Gasteiger partial charge in [-0.05, 0) is 17.8 Å². The lowest BCUT2D eigenvalue weighted by atomic mass is 9.79. The molecular formula is C9H15Br2F3S. The molecule has 0 aliphatic rings. The highest BCUT2D eigenvalue weighted by Crippen LogP contribution is 2.39. The van der Waals surface area contributed by atoms with Crippen molar-refractivity contribution in [1.29, 1.82) is 0 Å². The summed E-state index contributed by atoms with van der Waals surface area (Å²) in [5.74, 6) is 0.476. The van der Waals surface area contributed by atoms with E-state index >= 15 is 0 Å². The quantitative estimate of drug-likeness (QED) is 0.588. The van der Waals surface area contributed by atoms with Crippen molar-refractivity contribution in [3.05, 3.63) is 0 Å². The second-order valence-electron chi connectivity index (χ2n) is 3.83. The maximum atomic E-state index is 12.0. The van der Waals surface area contributed by atoms with Crippen LogP contribution in [0.3, 0.4) is 0 Å². The van der Waals surface area contributed by atoms with E-state index in [1.54, 1.807) is 0 Å². The summed E-state index contributed by atoms with van der Waals surface area (Å²) in [5.41, 5.74) is -4.19. The summed E-state index contributed by atoms with van der Waals surface area (Å²) in [6.45, 7) is 4.08. The van der Waals surface area contributed by atoms with Crippen molar-refractivity contribution < 1.29 is 13.2 Å². The molecule has 0 spiro atoms. The molecule has 0 aromatic carbocycles. The van der Waals surface area contributed by atoms with Gasteiger partial charge in [0.15, 0.2) is 0 Å². The number of alkyl halides is 5. The van der Waals surface area contributed by atoms with Gasteiger partial charge >= 0.3 is 5.51 Å². The highest BCUT2D eigenvalue weighted by Gasteiger charge is 2.34. The average molecular weight is 372 g/mol. The van der Waals surface area contributed by atoms with Gasteiger partial charge in [-0.1, -0.05) is 57.5 Å². The molecule has 0 aromatic rings. The van der Waals surface area contributed by atoms with Crippen molar-refractivity contribution in [3.63, 3.8) is 0 Å². The Balaban J connectivity index is 4.19. The van der Waals surface area contributed by atoms with Crippen LogP contribution in [0.2, 0.25) is 0 Å². The highest BCUT2D eigenvalue weighted by molar-refractivity contribution is 9.09. The average Bonchev–Trinajstić information content (AvgIpc) is 2.10.